The normalized spacial score (nSPS) is 17.1. The molecule has 0 saturated carbocycles. The van der Waals surface area contributed by atoms with E-state index in [-0.39, 0.29) is 12.1 Å². The zero-order valence-electron chi connectivity index (χ0n) is 19.3. The third-order valence-corrected chi connectivity index (χ3v) is 6.72. The van der Waals surface area contributed by atoms with Crippen LogP contribution < -0.4 is 5.73 Å². The van der Waals surface area contributed by atoms with Crippen LogP contribution >= 0.6 is 0 Å². The molecule has 2 aliphatic rings. The Balaban J connectivity index is 1.42. The highest BCUT2D eigenvalue weighted by Gasteiger charge is 2.24. The molecule has 0 bridgehead atoms. The summed E-state index contributed by atoms with van der Waals surface area (Å²) < 4.78 is 14.7. The van der Waals surface area contributed by atoms with Crippen LogP contribution in [0.25, 0.3) is 28.0 Å². The van der Waals surface area contributed by atoms with Crippen molar-refractivity contribution in [2.45, 2.75) is 31.8 Å². The predicted octanol–water partition coefficient (Wildman–Crippen LogP) is 3.54. The van der Waals surface area contributed by atoms with Crippen LogP contribution in [0.1, 0.15) is 30.9 Å². The minimum atomic E-state index is -0.265. The molecule has 35 heavy (non-hydrogen) atoms. The van der Waals surface area contributed by atoms with Crippen LogP contribution in [0.3, 0.4) is 0 Å². The summed E-state index contributed by atoms with van der Waals surface area (Å²) in [6.07, 6.45) is 5.71. The number of carbonyl (C=O) groups is 1. The van der Waals surface area contributed by atoms with Crippen LogP contribution in [0.2, 0.25) is 0 Å². The van der Waals surface area contributed by atoms with Gasteiger partial charge < -0.3 is 20.1 Å². The molecule has 10 nitrogen and oxygen atoms in total. The van der Waals surface area contributed by atoms with E-state index in [0.29, 0.717) is 25.5 Å². The number of carbonyl (C=O) groups excluding carboxylic acids is 1. The minimum absolute atomic E-state index is 0.265. The highest BCUT2D eigenvalue weighted by atomic mass is 16.6. The number of hydrogen-bond donors (Lipinski definition) is 1. The number of anilines is 1. The lowest BCUT2D eigenvalue weighted by Crippen LogP contribution is -2.37. The van der Waals surface area contributed by atoms with Gasteiger partial charge in [0.25, 0.3) is 0 Å². The van der Waals surface area contributed by atoms with Gasteiger partial charge in [-0.15, -0.1) is 0 Å². The van der Waals surface area contributed by atoms with Crippen molar-refractivity contribution in [2.75, 3.05) is 32.1 Å². The number of aromatic nitrogens is 5. The van der Waals surface area contributed by atoms with Crippen molar-refractivity contribution >= 4 is 17.4 Å². The first-order valence-electron chi connectivity index (χ1n) is 11.9. The Morgan fingerprint density at radius 2 is 1.94 bits per heavy atom. The van der Waals surface area contributed by atoms with Gasteiger partial charge in [0.15, 0.2) is 5.82 Å². The monoisotopic (exact) mass is 473 g/mol. The lowest BCUT2D eigenvalue weighted by atomic mass is 10.1. The molecular weight excluding hydrogens is 446 g/mol. The summed E-state index contributed by atoms with van der Waals surface area (Å²) in [4.78, 5) is 18.1. The number of nitrogen functional groups attached to an aromatic ring is 1. The molecule has 2 N–H and O–H groups in total. The zero-order chi connectivity index (χ0) is 23.8. The summed E-state index contributed by atoms with van der Waals surface area (Å²) in [5, 5.41) is 9.18. The number of nitrogens with two attached hydrogens (primary N) is 1. The topological polar surface area (TPSA) is 113 Å². The summed E-state index contributed by atoms with van der Waals surface area (Å²) in [6, 6.07) is 12.5. The number of rotatable bonds is 5. The van der Waals surface area contributed by atoms with Gasteiger partial charge in [-0.1, -0.05) is 18.2 Å². The first-order valence-corrected chi connectivity index (χ1v) is 11.9. The van der Waals surface area contributed by atoms with Gasteiger partial charge in [0.05, 0.1) is 24.0 Å². The zero-order valence-corrected chi connectivity index (χ0v) is 19.3. The maximum atomic E-state index is 12.1. The van der Waals surface area contributed by atoms with Crippen LogP contribution in [-0.2, 0) is 16.0 Å². The molecular formula is C25H27N7O3. The Kier molecular flexibility index (Phi) is 5.57. The molecule has 0 atom stereocenters. The Morgan fingerprint density at radius 1 is 1.06 bits per heavy atom. The number of cyclic esters (lactones) is 1. The van der Waals surface area contributed by atoms with Crippen LogP contribution in [0, 0.1) is 0 Å². The molecule has 0 aliphatic carbocycles. The third-order valence-electron chi connectivity index (χ3n) is 6.72. The summed E-state index contributed by atoms with van der Waals surface area (Å²) >= 11 is 0. The average molecular weight is 474 g/mol. The van der Waals surface area contributed by atoms with Crippen molar-refractivity contribution in [1.29, 1.82) is 0 Å². The van der Waals surface area contributed by atoms with E-state index in [4.69, 9.17) is 15.2 Å². The molecule has 5 heterocycles. The number of hydrogen-bond acceptors (Lipinski definition) is 7. The Morgan fingerprint density at radius 3 is 2.80 bits per heavy atom. The van der Waals surface area contributed by atoms with Gasteiger partial charge in [0.1, 0.15) is 11.8 Å². The minimum Gasteiger partial charge on any atom is -0.449 e. The van der Waals surface area contributed by atoms with Gasteiger partial charge in [-0.05, 0) is 43.0 Å². The van der Waals surface area contributed by atoms with Crippen molar-refractivity contribution in [1.82, 2.24) is 29.3 Å². The molecule has 6 rings (SSSR count). The fourth-order valence-corrected chi connectivity index (χ4v) is 5.01. The van der Waals surface area contributed by atoms with Crippen LogP contribution in [-0.4, -0.2) is 61.7 Å². The number of amides is 1. The quantitative estimate of drug-likeness (QED) is 0.472. The highest BCUT2D eigenvalue weighted by Crippen LogP contribution is 2.36. The molecule has 1 amide bonds. The van der Waals surface area contributed by atoms with Gasteiger partial charge in [0.2, 0.25) is 0 Å². The van der Waals surface area contributed by atoms with E-state index in [1.165, 1.54) is 6.33 Å². The fraction of sp³-hybridized carbons (Fsp3) is 0.360. The largest absolute Gasteiger partial charge is 0.449 e. The molecule has 180 valence electrons. The Bertz CT molecular complexity index is 1370. The maximum absolute atomic E-state index is 12.1. The van der Waals surface area contributed by atoms with Crippen molar-refractivity contribution in [3.05, 3.63) is 54.5 Å². The van der Waals surface area contributed by atoms with Crippen molar-refractivity contribution in [3.63, 3.8) is 0 Å². The number of ether oxygens (including phenoxy) is 2. The average Bonchev–Trinajstić information content (AvgIpc) is 3.52. The van der Waals surface area contributed by atoms with Crippen molar-refractivity contribution in [3.8, 4) is 22.5 Å². The SMILES string of the molecule is Nc1ncnn2c(-c3cccc(CN4CCCOC4=O)c3)cc(-c3ccnn3C3CCOCC3)c12. The molecule has 2 saturated heterocycles. The fourth-order valence-electron chi connectivity index (χ4n) is 5.01. The van der Waals surface area contributed by atoms with Gasteiger partial charge in [-0.2, -0.15) is 10.2 Å². The molecule has 10 heteroatoms. The van der Waals surface area contributed by atoms with Crippen molar-refractivity contribution < 1.29 is 14.3 Å². The van der Waals surface area contributed by atoms with Gasteiger partial charge in [-0.3, -0.25) is 4.68 Å². The van der Waals surface area contributed by atoms with Gasteiger partial charge in [0, 0.05) is 43.6 Å². The van der Waals surface area contributed by atoms with Crippen molar-refractivity contribution in [2.24, 2.45) is 0 Å². The second-order valence-corrected chi connectivity index (χ2v) is 8.94. The Hall–Kier alpha value is -3.92. The predicted molar refractivity (Wildman–Crippen MR) is 130 cm³/mol. The van der Waals surface area contributed by atoms with Crippen LogP contribution in [0.4, 0.5) is 10.6 Å². The maximum Gasteiger partial charge on any atom is 0.410 e. The highest BCUT2D eigenvalue weighted by molar-refractivity contribution is 5.91. The van der Waals surface area contributed by atoms with E-state index >= 15 is 0 Å². The molecule has 3 aromatic heterocycles. The summed E-state index contributed by atoms with van der Waals surface area (Å²) in [5.41, 5.74) is 11.9. The second-order valence-electron chi connectivity index (χ2n) is 8.94. The standard InChI is InChI=1S/C25H27N7O3/c26-24-23-20(21-5-8-28-31(21)19-6-11-34-12-7-19)14-22(32(23)29-16-27-24)18-4-1-3-17(13-18)15-30-9-2-10-35-25(30)33/h1,3-5,8,13-14,16,19H,2,6-7,9-12,15H2,(H2,26,27,29). The van der Waals surface area contributed by atoms with E-state index in [1.807, 2.05) is 35.0 Å². The molecule has 0 spiro atoms. The lowest BCUT2D eigenvalue weighted by molar-refractivity contribution is 0.0667. The van der Waals surface area contributed by atoms with Crippen LogP contribution in [0.15, 0.2) is 48.9 Å². The third kappa shape index (κ3) is 3.99. The smallest absolute Gasteiger partial charge is 0.410 e. The molecule has 4 aromatic rings. The molecule has 2 fully saturated rings. The summed E-state index contributed by atoms with van der Waals surface area (Å²) in [7, 11) is 0. The molecule has 2 aliphatic heterocycles. The van der Waals surface area contributed by atoms with Gasteiger partial charge in [-0.25, -0.2) is 14.3 Å². The van der Waals surface area contributed by atoms with E-state index in [1.54, 1.807) is 4.90 Å². The van der Waals surface area contributed by atoms with Crippen LogP contribution in [0.5, 0.6) is 0 Å². The summed E-state index contributed by atoms with van der Waals surface area (Å²) in [5.74, 6) is 0.410. The van der Waals surface area contributed by atoms with E-state index in [0.717, 1.165) is 66.1 Å². The number of nitrogens with zero attached hydrogens (tertiary/aromatic N) is 6. The second kappa shape index (κ2) is 9.03. The lowest BCUT2D eigenvalue weighted by Gasteiger charge is -2.26. The number of fused-ring (bicyclic) bond motifs is 1. The first kappa shape index (κ1) is 21.6. The molecule has 1 aromatic carbocycles. The first-order chi connectivity index (χ1) is 17.2. The number of benzene rings is 1. The van der Waals surface area contributed by atoms with E-state index < -0.39 is 0 Å². The van der Waals surface area contributed by atoms with E-state index in [2.05, 4.69) is 32.0 Å². The van der Waals surface area contributed by atoms with Gasteiger partial charge >= 0.3 is 6.09 Å². The Labute approximate surface area is 202 Å². The molecule has 0 unspecified atom stereocenters. The van der Waals surface area contributed by atoms with E-state index in [9.17, 15) is 4.79 Å². The summed E-state index contributed by atoms with van der Waals surface area (Å²) in [6.45, 7) is 3.14. The molecule has 0 radical (unpaired) electrons.